The fraction of sp³-hybridized carbons (Fsp3) is 0.333. The summed E-state index contributed by atoms with van der Waals surface area (Å²) in [5.41, 5.74) is 1.81. The van der Waals surface area contributed by atoms with Crippen LogP contribution in [-0.4, -0.2) is 88.9 Å². The number of hydrogen-bond donors (Lipinski definition) is 1. The van der Waals surface area contributed by atoms with Crippen LogP contribution in [0.15, 0.2) is 60.8 Å². The van der Waals surface area contributed by atoms with Crippen LogP contribution in [0.2, 0.25) is 0 Å². The Kier molecular flexibility index (Phi) is 11.3. The van der Waals surface area contributed by atoms with Gasteiger partial charge in [-0.25, -0.2) is 9.78 Å². The van der Waals surface area contributed by atoms with Crippen molar-refractivity contribution in [1.29, 1.82) is 0 Å². The van der Waals surface area contributed by atoms with Crippen molar-refractivity contribution in [2.24, 2.45) is 0 Å². The lowest BCUT2D eigenvalue weighted by Crippen LogP contribution is -2.16. The first-order valence-electron chi connectivity index (χ1n) is 13.1. The zero-order chi connectivity index (χ0) is 28.9. The Balaban J connectivity index is 1.33. The second kappa shape index (κ2) is 15.6. The second-order valence-corrected chi connectivity index (χ2v) is 8.78. The van der Waals surface area contributed by atoms with Crippen LogP contribution < -0.4 is 10.1 Å². The number of rotatable bonds is 16. The predicted octanol–water partition coefficient (Wildman–Crippen LogP) is 3.90. The number of aromatic nitrogens is 2. The van der Waals surface area contributed by atoms with Crippen molar-refractivity contribution in [3.8, 4) is 5.75 Å². The molecule has 216 valence electrons. The minimum Gasteiger partial charge on any atom is -0.491 e. The van der Waals surface area contributed by atoms with Crippen molar-refractivity contribution in [2.45, 2.75) is 0 Å². The highest BCUT2D eigenvalue weighted by molar-refractivity contribution is 6.07. The minimum atomic E-state index is -0.592. The topological polar surface area (TPSA) is 127 Å². The molecule has 2 aromatic carbocycles. The first kappa shape index (κ1) is 29.8. The van der Waals surface area contributed by atoms with Gasteiger partial charge in [0.05, 0.1) is 70.0 Å². The molecule has 0 aliphatic carbocycles. The van der Waals surface area contributed by atoms with E-state index in [9.17, 15) is 9.59 Å². The number of hydrogen-bond acceptors (Lipinski definition) is 10. The van der Waals surface area contributed by atoms with Gasteiger partial charge < -0.3 is 33.7 Å². The molecule has 0 radical (unpaired) electrons. The largest absolute Gasteiger partial charge is 0.491 e. The molecule has 0 spiro atoms. The molecule has 0 aliphatic rings. The molecule has 41 heavy (non-hydrogen) atoms. The maximum Gasteiger partial charge on any atom is 0.338 e. The Labute approximate surface area is 237 Å². The number of methoxy groups -OCH3 is 2. The third-order valence-electron chi connectivity index (χ3n) is 5.94. The zero-order valence-corrected chi connectivity index (χ0v) is 23.1. The average Bonchev–Trinajstić information content (AvgIpc) is 3.01. The summed E-state index contributed by atoms with van der Waals surface area (Å²) in [5.74, 6) is -0.373. The number of amides is 1. The van der Waals surface area contributed by atoms with Crippen molar-refractivity contribution in [3.63, 3.8) is 0 Å². The van der Waals surface area contributed by atoms with Gasteiger partial charge in [0.2, 0.25) is 0 Å². The highest BCUT2D eigenvalue weighted by Gasteiger charge is 2.15. The predicted molar refractivity (Wildman–Crippen MR) is 153 cm³/mol. The number of fused-ring (bicyclic) bond motifs is 3. The molecular weight excluding hydrogens is 530 g/mol. The molecule has 1 N–H and O–H groups in total. The van der Waals surface area contributed by atoms with Gasteiger partial charge >= 0.3 is 5.97 Å². The zero-order valence-electron chi connectivity index (χ0n) is 23.1. The molecule has 0 unspecified atom stereocenters. The van der Waals surface area contributed by atoms with E-state index in [0.717, 1.165) is 16.3 Å². The highest BCUT2D eigenvalue weighted by atomic mass is 16.6. The van der Waals surface area contributed by atoms with E-state index < -0.39 is 11.9 Å². The SMILES string of the molecule is COCCOCCOCCOCCOc1cc(C(=O)Nc2ccc3ccc4cccnc4c3n2)cc(C(=O)OC)c1. The molecule has 0 aliphatic heterocycles. The summed E-state index contributed by atoms with van der Waals surface area (Å²) in [5, 5.41) is 4.65. The molecule has 0 saturated heterocycles. The second-order valence-electron chi connectivity index (χ2n) is 8.78. The smallest absolute Gasteiger partial charge is 0.338 e. The van der Waals surface area contributed by atoms with E-state index in [1.807, 2.05) is 30.3 Å². The van der Waals surface area contributed by atoms with Gasteiger partial charge in [0, 0.05) is 29.6 Å². The number of ether oxygens (including phenoxy) is 6. The molecule has 4 rings (SSSR count). The van der Waals surface area contributed by atoms with Crippen LogP contribution >= 0.6 is 0 Å². The van der Waals surface area contributed by atoms with Crippen LogP contribution in [0.5, 0.6) is 5.75 Å². The molecule has 2 heterocycles. The van der Waals surface area contributed by atoms with Gasteiger partial charge in [-0.15, -0.1) is 0 Å². The van der Waals surface area contributed by atoms with Crippen LogP contribution in [0.4, 0.5) is 5.82 Å². The Hall–Kier alpha value is -4.16. The molecule has 0 saturated carbocycles. The van der Waals surface area contributed by atoms with Gasteiger partial charge in [-0.3, -0.25) is 9.78 Å². The van der Waals surface area contributed by atoms with E-state index >= 15 is 0 Å². The maximum atomic E-state index is 13.2. The van der Waals surface area contributed by atoms with Crippen molar-refractivity contribution >= 4 is 39.5 Å². The summed E-state index contributed by atoms with van der Waals surface area (Å²) >= 11 is 0. The van der Waals surface area contributed by atoms with E-state index in [-0.39, 0.29) is 17.7 Å². The van der Waals surface area contributed by atoms with E-state index in [0.29, 0.717) is 63.3 Å². The van der Waals surface area contributed by atoms with E-state index in [1.54, 1.807) is 25.4 Å². The van der Waals surface area contributed by atoms with Crippen molar-refractivity contribution in [3.05, 3.63) is 71.9 Å². The van der Waals surface area contributed by atoms with Crippen LogP contribution in [0.1, 0.15) is 20.7 Å². The Bertz CT molecular complexity index is 1460. The average molecular weight is 564 g/mol. The van der Waals surface area contributed by atoms with Crippen molar-refractivity contribution in [2.75, 3.05) is 72.4 Å². The van der Waals surface area contributed by atoms with Gasteiger partial charge in [-0.2, -0.15) is 0 Å². The molecular formula is C30H33N3O8. The van der Waals surface area contributed by atoms with Gasteiger partial charge in [0.1, 0.15) is 18.2 Å². The number of esters is 1. The standard InChI is InChI=1S/C30H33N3O8/c1-36-10-11-38-12-13-39-14-15-40-16-17-41-25-19-23(18-24(20-25)30(35)37-2)29(34)33-26-8-7-22-6-5-21-4-3-9-31-27(21)28(22)32-26/h3-9,18-20H,10-17H2,1-2H3,(H,32,33,34). The van der Waals surface area contributed by atoms with Crippen LogP contribution in [0.25, 0.3) is 21.8 Å². The van der Waals surface area contributed by atoms with E-state index in [1.165, 1.54) is 19.2 Å². The third kappa shape index (κ3) is 8.66. The fourth-order valence-corrected chi connectivity index (χ4v) is 3.93. The number of pyridine rings is 2. The first-order valence-corrected chi connectivity index (χ1v) is 13.1. The number of carbonyl (C=O) groups excluding carboxylic acids is 2. The number of benzene rings is 2. The van der Waals surface area contributed by atoms with Crippen LogP contribution in [-0.2, 0) is 23.7 Å². The lowest BCUT2D eigenvalue weighted by atomic mass is 10.1. The number of anilines is 1. The van der Waals surface area contributed by atoms with Gasteiger partial charge in [0.15, 0.2) is 0 Å². The molecule has 4 aromatic rings. The number of nitrogens with zero attached hydrogens (tertiary/aromatic N) is 2. The third-order valence-corrected chi connectivity index (χ3v) is 5.94. The quantitative estimate of drug-likeness (QED) is 0.122. The van der Waals surface area contributed by atoms with Gasteiger partial charge in [-0.05, 0) is 36.4 Å². The maximum absolute atomic E-state index is 13.2. The molecule has 0 atom stereocenters. The number of carbonyl (C=O) groups is 2. The Morgan fingerprint density at radius 3 is 2.07 bits per heavy atom. The minimum absolute atomic E-state index is 0.179. The van der Waals surface area contributed by atoms with E-state index in [4.69, 9.17) is 28.4 Å². The Morgan fingerprint density at radius 2 is 1.37 bits per heavy atom. The molecule has 11 nitrogen and oxygen atoms in total. The summed E-state index contributed by atoms with van der Waals surface area (Å²) in [7, 11) is 2.89. The van der Waals surface area contributed by atoms with Crippen molar-refractivity contribution in [1.82, 2.24) is 9.97 Å². The van der Waals surface area contributed by atoms with Gasteiger partial charge in [-0.1, -0.05) is 18.2 Å². The fourth-order valence-electron chi connectivity index (χ4n) is 3.93. The normalized spacial score (nSPS) is 11.1. The number of nitrogens with one attached hydrogen (secondary N) is 1. The lowest BCUT2D eigenvalue weighted by Gasteiger charge is -2.12. The molecule has 0 fully saturated rings. The Morgan fingerprint density at radius 1 is 0.732 bits per heavy atom. The summed E-state index contributed by atoms with van der Waals surface area (Å²) in [6.45, 7) is 3.35. The lowest BCUT2D eigenvalue weighted by molar-refractivity contribution is 0.000158. The molecule has 0 bridgehead atoms. The van der Waals surface area contributed by atoms with E-state index in [2.05, 4.69) is 15.3 Å². The van der Waals surface area contributed by atoms with Gasteiger partial charge in [0.25, 0.3) is 5.91 Å². The highest BCUT2D eigenvalue weighted by Crippen LogP contribution is 2.24. The molecule has 1 amide bonds. The molecule has 2 aromatic heterocycles. The summed E-state index contributed by atoms with van der Waals surface area (Å²) in [6, 6.07) is 15.8. The van der Waals surface area contributed by atoms with Crippen molar-refractivity contribution < 1.29 is 38.0 Å². The summed E-state index contributed by atoms with van der Waals surface area (Å²) in [4.78, 5) is 34.5. The van der Waals surface area contributed by atoms with Crippen LogP contribution in [0, 0.1) is 0 Å². The first-order chi connectivity index (χ1) is 20.1. The van der Waals surface area contributed by atoms with Crippen LogP contribution in [0.3, 0.4) is 0 Å². The molecule has 11 heteroatoms. The summed E-state index contributed by atoms with van der Waals surface area (Å²) < 4.78 is 31.8. The summed E-state index contributed by atoms with van der Waals surface area (Å²) in [6.07, 6.45) is 1.70. The monoisotopic (exact) mass is 563 g/mol.